The predicted octanol–water partition coefficient (Wildman–Crippen LogP) is 2.33. The minimum absolute atomic E-state index is 0.0394. The molecule has 2 aliphatic rings. The molecule has 0 saturated carbocycles. The molecule has 0 spiro atoms. The Hall–Kier alpha value is -3.34. The summed E-state index contributed by atoms with van der Waals surface area (Å²) in [6, 6.07) is 10.8. The molecule has 2 atom stereocenters. The molecular formula is C32H43N4O5+. The van der Waals surface area contributed by atoms with Crippen molar-refractivity contribution in [3.63, 3.8) is 0 Å². The Bertz CT molecular complexity index is 1320. The number of aliphatic imine (C=N–C) groups is 1. The Morgan fingerprint density at radius 1 is 1.15 bits per heavy atom. The second kappa shape index (κ2) is 14.5. The highest BCUT2D eigenvalue weighted by atomic mass is 16.5. The van der Waals surface area contributed by atoms with Gasteiger partial charge in [0.15, 0.2) is 11.5 Å². The van der Waals surface area contributed by atoms with Crippen LogP contribution in [0.15, 0.2) is 64.9 Å². The van der Waals surface area contributed by atoms with E-state index < -0.39 is 12.3 Å². The van der Waals surface area contributed by atoms with Crippen molar-refractivity contribution in [3.8, 4) is 11.5 Å². The van der Waals surface area contributed by atoms with Crippen LogP contribution in [0.5, 0.6) is 11.5 Å². The Kier molecular flexibility index (Phi) is 10.8. The number of aryl methyl sites for hydroxylation is 1. The van der Waals surface area contributed by atoms with Crippen molar-refractivity contribution >= 4 is 11.5 Å². The number of rotatable bonds is 16. The Morgan fingerprint density at radius 3 is 2.73 bits per heavy atom. The number of carbonyl (C=O) groups excluding carboxylic acids is 1. The van der Waals surface area contributed by atoms with E-state index in [-0.39, 0.29) is 24.6 Å². The molecule has 0 radical (unpaired) electrons. The van der Waals surface area contributed by atoms with Crippen LogP contribution in [0.1, 0.15) is 73.9 Å². The minimum Gasteiger partial charge on any atom is -0.504 e. The smallest absolute Gasteiger partial charge is 0.227 e. The first-order chi connectivity index (χ1) is 19.8. The molecule has 0 amide bonds. The van der Waals surface area contributed by atoms with E-state index >= 15 is 0 Å². The lowest BCUT2D eigenvalue weighted by Gasteiger charge is -2.14. The highest BCUT2D eigenvalue weighted by Gasteiger charge is 2.30. The number of unbranched alkanes of at least 4 members (excludes halogenated alkanes) is 2. The van der Waals surface area contributed by atoms with Gasteiger partial charge in [-0.05, 0) is 52.8 Å². The van der Waals surface area contributed by atoms with Crippen LogP contribution >= 0.6 is 0 Å². The highest BCUT2D eigenvalue weighted by Crippen LogP contribution is 2.29. The number of nitrogens with one attached hydrogen (secondary N) is 1. The summed E-state index contributed by atoms with van der Waals surface area (Å²) in [5.74, 6) is 0.459. The number of nitrogens with zero attached hydrogens (tertiary/aromatic N) is 1. The molecule has 2 heterocycles. The zero-order chi connectivity index (χ0) is 29.4. The number of fused-ring (bicyclic) bond motifs is 1. The van der Waals surface area contributed by atoms with E-state index in [0.29, 0.717) is 44.7 Å². The number of Topliss-reactive ketones (excluding diaryl/α,β-unsaturated/α-hetero) is 1. The molecule has 2 aromatic rings. The van der Waals surface area contributed by atoms with Crippen molar-refractivity contribution in [1.82, 2.24) is 0 Å². The number of hydrogen-bond donors (Lipinski definition) is 6. The van der Waals surface area contributed by atoms with Crippen molar-refractivity contribution in [2.75, 3.05) is 13.3 Å². The number of aromatic hydroxyl groups is 1. The molecule has 2 unspecified atom stereocenters. The van der Waals surface area contributed by atoms with Crippen molar-refractivity contribution < 1.29 is 29.8 Å². The van der Waals surface area contributed by atoms with Crippen molar-refractivity contribution in [2.45, 2.75) is 77.2 Å². The predicted molar refractivity (Wildman–Crippen MR) is 158 cm³/mol. The number of allylic oxidation sites excluding steroid dienone is 1. The van der Waals surface area contributed by atoms with Gasteiger partial charge in [-0.1, -0.05) is 50.5 Å². The van der Waals surface area contributed by atoms with Crippen LogP contribution in [-0.4, -0.2) is 46.2 Å². The topological polar surface area (TPSA) is 156 Å². The first-order valence-electron chi connectivity index (χ1n) is 14.5. The van der Waals surface area contributed by atoms with Gasteiger partial charge in [0.2, 0.25) is 6.73 Å². The molecule has 2 aromatic carbocycles. The van der Waals surface area contributed by atoms with Crippen LogP contribution in [-0.2, 0) is 24.2 Å². The molecule has 0 saturated heterocycles. The summed E-state index contributed by atoms with van der Waals surface area (Å²) in [4.78, 5) is 18.0. The number of quaternary nitrogens is 1. The lowest BCUT2D eigenvalue weighted by molar-refractivity contribution is -0.851. The standard InChI is InChI=1S/C32H42N4O5/c1-2-3-4-5-26(38)15-27(39)10-6-21-7-11-30(40)31(12-21)41-20-36-17-28-25(16-35-29(28)18-36)14-24-13-22(32(33)34)8-9-23(24)19-37/h7-9,11-13,16-17,26,32,37-38,40H,2-6,10,14-15,18-20,33-34H2,1H3/p+1. The fraction of sp³-hybridized carbons (Fsp3) is 0.438. The second-order valence-electron chi connectivity index (χ2n) is 11.0. The third kappa shape index (κ3) is 8.34. The van der Waals surface area contributed by atoms with Gasteiger partial charge in [-0.25, -0.2) is 0 Å². The normalized spacial score (nSPS) is 16.8. The number of phenols is 1. The SMILES string of the molecule is CCCCCC(O)CC(=O)CCc1ccc(O)c(OC[NH+]2C=C3C(Cc4cc(C(N)N)ccc4CO)=CN=C3C2)c1. The van der Waals surface area contributed by atoms with Gasteiger partial charge >= 0.3 is 0 Å². The van der Waals surface area contributed by atoms with Gasteiger partial charge in [0.05, 0.1) is 24.4 Å². The quantitative estimate of drug-likeness (QED) is 0.135. The van der Waals surface area contributed by atoms with E-state index in [1.807, 2.05) is 24.4 Å². The first-order valence-corrected chi connectivity index (χ1v) is 14.5. The largest absolute Gasteiger partial charge is 0.504 e. The van der Waals surface area contributed by atoms with Gasteiger partial charge in [0.1, 0.15) is 24.2 Å². The van der Waals surface area contributed by atoms with Crippen LogP contribution in [0.25, 0.3) is 0 Å². The summed E-state index contributed by atoms with van der Waals surface area (Å²) >= 11 is 0. The van der Waals surface area contributed by atoms with Gasteiger partial charge in [-0.3, -0.25) is 14.7 Å². The highest BCUT2D eigenvalue weighted by molar-refractivity contribution is 6.08. The van der Waals surface area contributed by atoms with E-state index in [4.69, 9.17) is 16.2 Å². The van der Waals surface area contributed by atoms with Gasteiger partial charge in [-0.2, -0.15) is 0 Å². The van der Waals surface area contributed by atoms with Crippen molar-refractivity contribution in [1.29, 1.82) is 0 Å². The lowest BCUT2D eigenvalue weighted by Crippen LogP contribution is -3.07. The molecule has 0 aliphatic carbocycles. The van der Waals surface area contributed by atoms with Crippen LogP contribution in [0.3, 0.4) is 0 Å². The number of aliphatic hydroxyl groups excluding tert-OH is 2. The Balaban J connectivity index is 1.31. The molecule has 41 heavy (non-hydrogen) atoms. The number of benzene rings is 2. The number of ketones is 1. The number of ether oxygens (including phenoxy) is 1. The Morgan fingerprint density at radius 2 is 1.98 bits per heavy atom. The number of phenolic OH excluding ortho intramolecular Hbond substituents is 1. The molecule has 9 heteroatoms. The van der Waals surface area contributed by atoms with Crippen LogP contribution in [0.4, 0.5) is 0 Å². The van der Waals surface area contributed by atoms with Crippen LogP contribution in [0.2, 0.25) is 0 Å². The number of hydrogen-bond acceptors (Lipinski definition) is 8. The first kappa shape index (κ1) is 30.6. The van der Waals surface area contributed by atoms with Crippen molar-refractivity contribution in [2.24, 2.45) is 16.5 Å². The molecule has 2 aliphatic heterocycles. The van der Waals surface area contributed by atoms with Gasteiger partial charge in [0.25, 0.3) is 0 Å². The molecule has 220 valence electrons. The van der Waals surface area contributed by atoms with Crippen LogP contribution in [0, 0.1) is 0 Å². The molecular weight excluding hydrogens is 520 g/mol. The van der Waals surface area contributed by atoms with E-state index in [2.05, 4.69) is 18.1 Å². The fourth-order valence-electron chi connectivity index (χ4n) is 5.26. The summed E-state index contributed by atoms with van der Waals surface area (Å²) in [7, 11) is 0. The fourth-order valence-corrected chi connectivity index (χ4v) is 5.26. The minimum atomic E-state index is -0.586. The van der Waals surface area contributed by atoms with E-state index in [9.17, 15) is 20.1 Å². The number of nitrogens with two attached hydrogens (primary N) is 2. The average Bonchev–Trinajstić information content (AvgIpc) is 3.53. The molecule has 9 nitrogen and oxygen atoms in total. The zero-order valence-electron chi connectivity index (χ0n) is 23.8. The van der Waals surface area contributed by atoms with Crippen molar-refractivity contribution in [3.05, 3.63) is 82.2 Å². The molecule has 0 fully saturated rings. The zero-order valence-corrected chi connectivity index (χ0v) is 23.8. The maximum atomic E-state index is 12.3. The molecule has 8 N–H and O–H groups in total. The molecule has 0 bridgehead atoms. The molecule has 0 aromatic heterocycles. The monoisotopic (exact) mass is 563 g/mol. The van der Waals surface area contributed by atoms with Gasteiger partial charge in [0, 0.05) is 25.5 Å². The van der Waals surface area contributed by atoms with Crippen LogP contribution < -0.4 is 21.1 Å². The molecule has 4 rings (SSSR count). The maximum absolute atomic E-state index is 12.3. The maximum Gasteiger partial charge on any atom is 0.227 e. The number of carbonyl (C=O) groups is 1. The number of aliphatic hydroxyl groups is 2. The Labute approximate surface area is 241 Å². The van der Waals surface area contributed by atoms with Gasteiger partial charge < -0.3 is 31.5 Å². The summed E-state index contributed by atoms with van der Waals surface area (Å²) in [6.45, 7) is 3.00. The third-order valence-electron chi connectivity index (χ3n) is 7.68. The van der Waals surface area contributed by atoms with E-state index in [0.717, 1.165) is 63.3 Å². The second-order valence-corrected chi connectivity index (χ2v) is 11.0. The van der Waals surface area contributed by atoms with E-state index in [1.165, 1.54) is 0 Å². The summed E-state index contributed by atoms with van der Waals surface area (Å²) < 4.78 is 5.99. The summed E-state index contributed by atoms with van der Waals surface area (Å²) in [5.41, 5.74) is 18.3. The average molecular weight is 564 g/mol. The lowest BCUT2D eigenvalue weighted by atomic mass is 9.94. The third-order valence-corrected chi connectivity index (χ3v) is 7.68. The van der Waals surface area contributed by atoms with Gasteiger partial charge in [-0.15, -0.1) is 0 Å². The summed E-state index contributed by atoms with van der Waals surface area (Å²) in [5, 5.41) is 30.3. The summed E-state index contributed by atoms with van der Waals surface area (Å²) in [6.07, 6.45) is 8.19. The van der Waals surface area contributed by atoms with E-state index in [1.54, 1.807) is 18.2 Å².